The van der Waals surface area contributed by atoms with E-state index in [1.54, 1.807) is 36.4 Å². The van der Waals surface area contributed by atoms with Crippen LogP contribution in [0.5, 0.6) is 0 Å². The molecule has 7 heteroatoms. The van der Waals surface area contributed by atoms with Crippen molar-refractivity contribution in [1.29, 1.82) is 0 Å². The van der Waals surface area contributed by atoms with Crippen LogP contribution in [0.1, 0.15) is 12.0 Å². The molecular formula is C22H22O4S3. The monoisotopic (exact) mass is 446 g/mol. The van der Waals surface area contributed by atoms with Crippen molar-refractivity contribution in [3.8, 4) is 0 Å². The van der Waals surface area contributed by atoms with Gasteiger partial charge in [0.2, 0.25) is 0 Å². The Morgan fingerprint density at radius 2 is 1.24 bits per heavy atom. The summed E-state index contributed by atoms with van der Waals surface area (Å²) in [5.41, 5.74) is 1.10. The molecule has 0 bridgehead atoms. The molecule has 0 aromatic heterocycles. The van der Waals surface area contributed by atoms with Crippen LogP contribution in [0.4, 0.5) is 0 Å². The lowest BCUT2D eigenvalue weighted by Gasteiger charge is -2.18. The lowest BCUT2D eigenvalue weighted by atomic mass is 10.2. The second-order valence-corrected chi connectivity index (χ2v) is 12.3. The topological polar surface area (TPSA) is 68.3 Å². The van der Waals surface area contributed by atoms with Crippen molar-refractivity contribution >= 4 is 31.4 Å². The van der Waals surface area contributed by atoms with Gasteiger partial charge in [-0.1, -0.05) is 54.1 Å². The summed E-state index contributed by atoms with van der Waals surface area (Å²) in [5, 5.41) is 0. The van der Waals surface area contributed by atoms with Gasteiger partial charge in [0.25, 0.3) is 0 Å². The quantitative estimate of drug-likeness (QED) is 0.467. The van der Waals surface area contributed by atoms with E-state index in [4.69, 9.17) is 0 Å². The number of aryl methyl sites for hydroxylation is 1. The van der Waals surface area contributed by atoms with E-state index in [1.165, 1.54) is 36.0 Å². The number of thioether (sulfide) groups is 1. The first-order valence-electron chi connectivity index (χ1n) is 9.09. The molecule has 4 nitrogen and oxygen atoms in total. The molecular weight excluding hydrogens is 424 g/mol. The first-order valence-corrected chi connectivity index (χ1v) is 13.2. The summed E-state index contributed by atoms with van der Waals surface area (Å²) >= 11 is 1.46. The van der Waals surface area contributed by atoms with Crippen LogP contribution in [0.2, 0.25) is 0 Å². The molecule has 29 heavy (non-hydrogen) atoms. The second-order valence-electron chi connectivity index (χ2n) is 6.60. The number of hydrogen-bond donors (Lipinski definition) is 0. The van der Waals surface area contributed by atoms with E-state index >= 15 is 0 Å². The highest BCUT2D eigenvalue weighted by molar-refractivity contribution is 8.09. The predicted molar refractivity (Wildman–Crippen MR) is 118 cm³/mol. The summed E-state index contributed by atoms with van der Waals surface area (Å²) in [6.07, 6.45) is -0.00688. The van der Waals surface area contributed by atoms with Crippen LogP contribution in [0.3, 0.4) is 0 Å². The smallest absolute Gasteiger partial charge is 0.195 e. The highest BCUT2D eigenvalue weighted by atomic mass is 32.3. The Labute approximate surface area is 176 Å². The summed E-state index contributed by atoms with van der Waals surface area (Å²) in [4.78, 5) is 1.02. The maximum atomic E-state index is 13.3. The maximum Gasteiger partial charge on any atom is 0.195 e. The Morgan fingerprint density at radius 3 is 1.72 bits per heavy atom. The lowest BCUT2D eigenvalue weighted by molar-refractivity contribution is 0.572. The van der Waals surface area contributed by atoms with Gasteiger partial charge in [-0.15, -0.1) is 11.8 Å². The van der Waals surface area contributed by atoms with Crippen molar-refractivity contribution in [1.82, 2.24) is 0 Å². The molecule has 0 aliphatic heterocycles. The van der Waals surface area contributed by atoms with Crippen LogP contribution < -0.4 is 0 Å². The third kappa shape index (κ3) is 5.10. The third-order valence-corrected chi connectivity index (χ3v) is 10.7. The summed E-state index contributed by atoms with van der Waals surface area (Å²) in [6, 6.07) is 23.4. The van der Waals surface area contributed by atoms with Crippen molar-refractivity contribution in [2.45, 2.75) is 32.6 Å². The fraction of sp³-hybridized carbons (Fsp3) is 0.182. The largest absolute Gasteiger partial charge is 0.222 e. The zero-order valence-corrected chi connectivity index (χ0v) is 18.4. The molecule has 152 valence electrons. The van der Waals surface area contributed by atoms with Crippen LogP contribution in [0.15, 0.2) is 99.6 Å². The van der Waals surface area contributed by atoms with Gasteiger partial charge in [-0.3, -0.25) is 0 Å². The van der Waals surface area contributed by atoms with Crippen LogP contribution in [-0.2, 0) is 19.7 Å². The molecule has 0 aliphatic rings. The average Bonchev–Trinajstić information content (AvgIpc) is 2.72. The average molecular weight is 447 g/mol. The molecule has 0 amide bonds. The van der Waals surface area contributed by atoms with Gasteiger partial charge in [0, 0.05) is 10.6 Å². The van der Waals surface area contributed by atoms with E-state index in [1.807, 2.05) is 31.2 Å². The van der Waals surface area contributed by atoms with Gasteiger partial charge < -0.3 is 0 Å². The molecule has 0 unspecified atom stereocenters. The number of hydrogen-bond acceptors (Lipinski definition) is 5. The van der Waals surface area contributed by atoms with Gasteiger partial charge in [-0.2, -0.15) is 0 Å². The molecule has 0 spiro atoms. The summed E-state index contributed by atoms with van der Waals surface area (Å²) in [5.74, 6) is 0.367. The first-order chi connectivity index (χ1) is 13.8. The standard InChI is InChI=1S/C22H22O4S3/c1-18-9-8-10-19(17-18)27-16-15-22(28(23,24)20-11-4-2-5-12-20)29(25,26)21-13-6-3-7-14-21/h2-14,17,22H,15-16H2,1H3. The number of rotatable bonds is 8. The van der Waals surface area contributed by atoms with Gasteiger partial charge in [0.1, 0.15) is 0 Å². The van der Waals surface area contributed by atoms with Crippen LogP contribution in [0, 0.1) is 6.92 Å². The van der Waals surface area contributed by atoms with E-state index in [0.717, 1.165) is 10.5 Å². The third-order valence-electron chi connectivity index (χ3n) is 4.45. The molecule has 3 aromatic rings. The van der Waals surface area contributed by atoms with Crippen molar-refractivity contribution in [3.63, 3.8) is 0 Å². The highest BCUT2D eigenvalue weighted by Crippen LogP contribution is 2.30. The molecule has 0 N–H and O–H groups in total. The summed E-state index contributed by atoms with van der Waals surface area (Å²) < 4.78 is 51.5. The molecule has 0 fully saturated rings. The normalized spacial score (nSPS) is 12.2. The van der Waals surface area contributed by atoms with E-state index in [2.05, 4.69) is 0 Å². The summed E-state index contributed by atoms with van der Waals surface area (Å²) in [6.45, 7) is 1.98. The van der Waals surface area contributed by atoms with Crippen molar-refractivity contribution in [2.24, 2.45) is 0 Å². The van der Waals surface area contributed by atoms with Gasteiger partial charge in [-0.25, -0.2) is 16.8 Å². The van der Waals surface area contributed by atoms with E-state index in [9.17, 15) is 16.8 Å². The van der Waals surface area contributed by atoms with Crippen molar-refractivity contribution < 1.29 is 16.8 Å². The predicted octanol–water partition coefficient (Wildman–Crippen LogP) is 4.75. The zero-order valence-electron chi connectivity index (χ0n) is 15.9. The Morgan fingerprint density at radius 1 is 0.724 bits per heavy atom. The van der Waals surface area contributed by atoms with E-state index in [0.29, 0.717) is 5.75 Å². The SMILES string of the molecule is Cc1cccc(SCCC(S(=O)(=O)c2ccccc2)S(=O)(=O)c2ccccc2)c1. The molecule has 0 saturated carbocycles. The number of benzene rings is 3. The Bertz CT molecular complexity index is 1090. The lowest BCUT2D eigenvalue weighted by Crippen LogP contribution is -2.31. The van der Waals surface area contributed by atoms with Crippen LogP contribution in [-0.4, -0.2) is 27.2 Å². The zero-order chi connectivity index (χ0) is 20.9. The van der Waals surface area contributed by atoms with Crippen LogP contribution >= 0.6 is 11.8 Å². The minimum absolute atomic E-state index is 0.00688. The van der Waals surface area contributed by atoms with E-state index in [-0.39, 0.29) is 16.2 Å². The molecule has 0 radical (unpaired) electrons. The molecule has 0 atom stereocenters. The fourth-order valence-corrected chi connectivity index (χ4v) is 8.85. The molecule has 0 aliphatic carbocycles. The molecule has 0 saturated heterocycles. The fourth-order valence-electron chi connectivity index (χ4n) is 2.98. The van der Waals surface area contributed by atoms with Crippen molar-refractivity contribution in [2.75, 3.05) is 5.75 Å². The van der Waals surface area contributed by atoms with Gasteiger partial charge in [0.15, 0.2) is 24.3 Å². The van der Waals surface area contributed by atoms with Crippen molar-refractivity contribution in [3.05, 3.63) is 90.5 Å². The Kier molecular flexibility index (Phi) is 6.82. The van der Waals surface area contributed by atoms with Gasteiger partial charge >= 0.3 is 0 Å². The minimum Gasteiger partial charge on any atom is -0.222 e. The van der Waals surface area contributed by atoms with Crippen LogP contribution in [0.25, 0.3) is 0 Å². The number of sulfone groups is 2. The molecule has 0 heterocycles. The summed E-state index contributed by atoms with van der Waals surface area (Å²) in [7, 11) is -8.14. The van der Waals surface area contributed by atoms with E-state index < -0.39 is 24.3 Å². The first kappa shape index (κ1) is 21.6. The minimum atomic E-state index is -4.07. The second kappa shape index (κ2) is 9.15. The van der Waals surface area contributed by atoms with Gasteiger partial charge in [-0.05, 0) is 49.7 Å². The molecule has 3 rings (SSSR count). The maximum absolute atomic E-state index is 13.3. The molecule has 3 aromatic carbocycles. The van der Waals surface area contributed by atoms with Gasteiger partial charge in [0.05, 0.1) is 9.79 Å². The highest BCUT2D eigenvalue weighted by Gasteiger charge is 2.39. The Balaban J connectivity index is 1.94. The Hall–Kier alpha value is -2.09.